The number of nitrogens with zero attached hydrogens (tertiary/aromatic N) is 1. The first-order chi connectivity index (χ1) is 5.36. The Balaban J connectivity index is 1.94. The van der Waals surface area contributed by atoms with Gasteiger partial charge in [-0.1, -0.05) is 0 Å². The van der Waals surface area contributed by atoms with Gasteiger partial charge in [0.15, 0.2) is 0 Å². The number of carbonyl (C=O) groups is 1. The van der Waals surface area contributed by atoms with Crippen molar-refractivity contribution in [3.05, 3.63) is 10.9 Å². The SMILES string of the molecule is O=C(Nc1cscn1)C1CC1. The molecule has 3 nitrogen and oxygen atoms in total. The largest absolute Gasteiger partial charge is 0.310 e. The van der Waals surface area contributed by atoms with Crippen LogP contribution in [0, 0.1) is 5.92 Å². The van der Waals surface area contributed by atoms with Crippen molar-refractivity contribution in [1.29, 1.82) is 0 Å². The van der Waals surface area contributed by atoms with Crippen LogP contribution in [0.25, 0.3) is 0 Å². The molecular weight excluding hydrogens is 160 g/mol. The maximum Gasteiger partial charge on any atom is 0.228 e. The maximum atomic E-state index is 11.1. The molecule has 1 aromatic rings. The molecular formula is C7H8N2OS. The Morgan fingerprint density at radius 3 is 3.09 bits per heavy atom. The Morgan fingerprint density at radius 1 is 1.73 bits per heavy atom. The molecule has 1 saturated carbocycles. The standard InChI is InChI=1S/C7H8N2OS/c10-7(5-1-2-5)9-6-3-11-4-8-6/h3-5H,1-2H2,(H,9,10). The van der Waals surface area contributed by atoms with Crippen LogP contribution in [0.1, 0.15) is 12.8 Å². The normalized spacial score (nSPS) is 16.4. The molecule has 1 aliphatic rings. The first-order valence-corrected chi connectivity index (χ1v) is 4.49. The van der Waals surface area contributed by atoms with Gasteiger partial charge in [-0.05, 0) is 12.8 Å². The minimum Gasteiger partial charge on any atom is -0.310 e. The molecule has 0 aliphatic heterocycles. The van der Waals surface area contributed by atoms with Gasteiger partial charge in [-0.25, -0.2) is 4.98 Å². The van der Waals surface area contributed by atoms with Crippen LogP contribution in [-0.4, -0.2) is 10.9 Å². The van der Waals surface area contributed by atoms with E-state index in [-0.39, 0.29) is 11.8 Å². The van der Waals surface area contributed by atoms with Crippen molar-refractivity contribution >= 4 is 23.1 Å². The van der Waals surface area contributed by atoms with E-state index >= 15 is 0 Å². The number of hydrogen-bond donors (Lipinski definition) is 1. The third kappa shape index (κ3) is 1.57. The summed E-state index contributed by atoms with van der Waals surface area (Å²) in [7, 11) is 0. The zero-order valence-corrected chi connectivity index (χ0v) is 6.73. The lowest BCUT2D eigenvalue weighted by atomic mass is 10.4. The van der Waals surface area contributed by atoms with Crippen LogP contribution in [0.5, 0.6) is 0 Å². The minimum atomic E-state index is 0.121. The fourth-order valence-electron chi connectivity index (χ4n) is 0.848. The highest BCUT2D eigenvalue weighted by molar-refractivity contribution is 7.07. The average molecular weight is 168 g/mol. The molecule has 0 aromatic carbocycles. The zero-order chi connectivity index (χ0) is 7.68. The van der Waals surface area contributed by atoms with Crippen molar-refractivity contribution < 1.29 is 4.79 Å². The molecule has 0 unspecified atom stereocenters. The lowest BCUT2D eigenvalue weighted by Crippen LogP contribution is -2.13. The number of aromatic nitrogens is 1. The third-order valence-corrected chi connectivity index (χ3v) is 2.22. The van der Waals surface area contributed by atoms with Crippen LogP contribution in [0.4, 0.5) is 5.82 Å². The molecule has 1 aromatic heterocycles. The van der Waals surface area contributed by atoms with Gasteiger partial charge < -0.3 is 5.32 Å². The summed E-state index contributed by atoms with van der Waals surface area (Å²) in [4.78, 5) is 15.1. The van der Waals surface area contributed by atoms with Gasteiger partial charge in [-0.2, -0.15) is 0 Å². The van der Waals surface area contributed by atoms with Crippen molar-refractivity contribution in [1.82, 2.24) is 4.98 Å². The fraction of sp³-hybridized carbons (Fsp3) is 0.429. The van der Waals surface area contributed by atoms with Gasteiger partial charge in [0, 0.05) is 11.3 Å². The minimum absolute atomic E-state index is 0.121. The van der Waals surface area contributed by atoms with E-state index in [9.17, 15) is 4.79 Å². The van der Waals surface area contributed by atoms with E-state index in [4.69, 9.17) is 0 Å². The second kappa shape index (κ2) is 2.62. The molecule has 0 radical (unpaired) electrons. The van der Waals surface area contributed by atoms with E-state index in [2.05, 4.69) is 10.3 Å². The van der Waals surface area contributed by atoms with Gasteiger partial charge in [0.1, 0.15) is 5.82 Å². The van der Waals surface area contributed by atoms with E-state index in [1.807, 2.05) is 5.38 Å². The number of carbonyl (C=O) groups excluding carboxylic acids is 1. The van der Waals surface area contributed by atoms with Crippen molar-refractivity contribution in [3.63, 3.8) is 0 Å². The zero-order valence-electron chi connectivity index (χ0n) is 5.91. The van der Waals surface area contributed by atoms with Gasteiger partial charge in [0.2, 0.25) is 5.91 Å². The molecule has 1 aliphatic carbocycles. The van der Waals surface area contributed by atoms with Gasteiger partial charge in [0.25, 0.3) is 0 Å². The summed E-state index contributed by atoms with van der Waals surface area (Å²) in [5.74, 6) is 1.07. The molecule has 1 amide bonds. The Hall–Kier alpha value is -0.900. The van der Waals surface area contributed by atoms with Crippen LogP contribution >= 0.6 is 11.3 Å². The lowest BCUT2D eigenvalue weighted by Gasteiger charge is -1.96. The number of anilines is 1. The summed E-state index contributed by atoms with van der Waals surface area (Å²) >= 11 is 1.49. The topological polar surface area (TPSA) is 42.0 Å². The highest BCUT2D eigenvalue weighted by atomic mass is 32.1. The lowest BCUT2D eigenvalue weighted by molar-refractivity contribution is -0.117. The summed E-state index contributed by atoms with van der Waals surface area (Å²) in [5, 5.41) is 4.58. The smallest absolute Gasteiger partial charge is 0.228 e. The summed E-state index contributed by atoms with van der Waals surface area (Å²) < 4.78 is 0. The van der Waals surface area contributed by atoms with Crippen LogP contribution in [-0.2, 0) is 4.79 Å². The molecule has 0 saturated heterocycles. The highest BCUT2D eigenvalue weighted by Gasteiger charge is 2.29. The van der Waals surface area contributed by atoms with Crippen molar-refractivity contribution in [2.45, 2.75) is 12.8 Å². The molecule has 58 valence electrons. The van der Waals surface area contributed by atoms with E-state index in [1.54, 1.807) is 5.51 Å². The third-order valence-electron chi connectivity index (χ3n) is 1.63. The monoisotopic (exact) mass is 168 g/mol. The molecule has 4 heteroatoms. The van der Waals surface area contributed by atoms with Crippen LogP contribution in [0.3, 0.4) is 0 Å². The summed E-state index contributed by atoms with van der Waals surface area (Å²) in [6, 6.07) is 0. The number of rotatable bonds is 2. The second-order valence-corrected chi connectivity index (χ2v) is 3.36. The first kappa shape index (κ1) is 6.79. The Labute approximate surface area is 68.5 Å². The fourth-order valence-corrected chi connectivity index (χ4v) is 1.33. The molecule has 0 bridgehead atoms. The van der Waals surface area contributed by atoms with E-state index in [1.165, 1.54) is 11.3 Å². The Bertz CT molecular complexity index is 253. The molecule has 2 rings (SSSR count). The Kier molecular flexibility index (Phi) is 1.62. The van der Waals surface area contributed by atoms with E-state index in [0.29, 0.717) is 5.82 Å². The first-order valence-electron chi connectivity index (χ1n) is 3.55. The molecule has 0 atom stereocenters. The number of hydrogen-bond acceptors (Lipinski definition) is 3. The van der Waals surface area contributed by atoms with Crippen LogP contribution in [0.15, 0.2) is 10.9 Å². The average Bonchev–Trinajstić information content (AvgIpc) is 2.73. The maximum absolute atomic E-state index is 11.1. The van der Waals surface area contributed by atoms with Gasteiger partial charge in [0.05, 0.1) is 5.51 Å². The van der Waals surface area contributed by atoms with E-state index < -0.39 is 0 Å². The van der Waals surface area contributed by atoms with E-state index in [0.717, 1.165) is 12.8 Å². The molecule has 1 heterocycles. The predicted octanol–water partition coefficient (Wildman–Crippen LogP) is 1.49. The quantitative estimate of drug-likeness (QED) is 0.727. The molecule has 11 heavy (non-hydrogen) atoms. The van der Waals surface area contributed by atoms with Crippen LogP contribution < -0.4 is 5.32 Å². The summed E-state index contributed by atoms with van der Waals surface area (Å²) in [6.07, 6.45) is 2.08. The summed E-state index contributed by atoms with van der Waals surface area (Å²) in [5.41, 5.74) is 1.71. The molecule has 0 spiro atoms. The summed E-state index contributed by atoms with van der Waals surface area (Å²) in [6.45, 7) is 0. The highest BCUT2D eigenvalue weighted by Crippen LogP contribution is 2.29. The molecule has 1 N–H and O–H groups in total. The van der Waals surface area contributed by atoms with Gasteiger partial charge in [-0.15, -0.1) is 11.3 Å². The van der Waals surface area contributed by atoms with Gasteiger partial charge in [-0.3, -0.25) is 4.79 Å². The van der Waals surface area contributed by atoms with Crippen molar-refractivity contribution in [3.8, 4) is 0 Å². The Morgan fingerprint density at radius 2 is 2.55 bits per heavy atom. The number of thiazole rings is 1. The van der Waals surface area contributed by atoms with Gasteiger partial charge >= 0.3 is 0 Å². The molecule has 1 fully saturated rings. The number of nitrogens with one attached hydrogen (secondary N) is 1. The second-order valence-electron chi connectivity index (χ2n) is 2.64. The van der Waals surface area contributed by atoms with Crippen molar-refractivity contribution in [2.75, 3.05) is 5.32 Å². The predicted molar refractivity (Wildman–Crippen MR) is 43.5 cm³/mol. The van der Waals surface area contributed by atoms with Crippen LogP contribution in [0.2, 0.25) is 0 Å². The van der Waals surface area contributed by atoms with Crippen molar-refractivity contribution in [2.24, 2.45) is 5.92 Å². The number of amides is 1.